The monoisotopic (exact) mass is 306 g/mol. The maximum absolute atomic E-state index is 12.0. The molecular weight excluding hydrogens is 288 g/mol. The van der Waals surface area contributed by atoms with Crippen molar-refractivity contribution in [2.75, 3.05) is 5.32 Å². The zero-order valence-electron chi connectivity index (χ0n) is 13.0. The van der Waals surface area contributed by atoms with E-state index in [2.05, 4.69) is 15.5 Å². The van der Waals surface area contributed by atoms with Gasteiger partial charge >= 0.3 is 5.69 Å². The van der Waals surface area contributed by atoms with Gasteiger partial charge < -0.3 is 5.32 Å². The number of carbonyl (C=O) groups is 1. The Balaban J connectivity index is 2.00. The predicted octanol–water partition coefficient (Wildman–Crippen LogP) is 1.48. The van der Waals surface area contributed by atoms with Crippen LogP contribution >= 0.6 is 0 Å². The molecule has 2 heterocycles. The predicted molar refractivity (Wildman–Crippen MR) is 79.5 cm³/mol. The normalized spacial score (nSPS) is 10.7. The SMILES string of the molecule is Cc1nn(C)c(C)c1NC(=O)CCn1ncc([N+](=O)[O-])c1C. The molecule has 0 aliphatic rings. The topological polar surface area (TPSA) is 108 Å². The summed E-state index contributed by atoms with van der Waals surface area (Å²) >= 11 is 0. The van der Waals surface area contributed by atoms with E-state index in [-0.39, 0.29) is 24.6 Å². The standard InChI is InChI=1S/C13H18N6O3/c1-8-13(10(3)17(4)16-8)15-12(20)5-6-18-9(2)11(7-14-18)19(21)22/h7H,5-6H2,1-4H3,(H,15,20). The van der Waals surface area contributed by atoms with E-state index in [0.717, 1.165) is 11.4 Å². The molecule has 0 fully saturated rings. The second kappa shape index (κ2) is 5.96. The summed E-state index contributed by atoms with van der Waals surface area (Å²) in [4.78, 5) is 22.3. The molecule has 0 unspecified atom stereocenters. The van der Waals surface area contributed by atoms with Crippen LogP contribution in [0.4, 0.5) is 11.4 Å². The van der Waals surface area contributed by atoms with Crippen LogP contribution in [0, 0.1) is 30.9 Å². The fourth-order valence-electron chi connectivity index (χ4n) is 2.21. The van der Waals surface area contributed by atoms with E-state index < -0.39 is 4.92 Å². The van der Waals surface area contributed by atoms with Crippen LogP contribution in [0.3, 0.4) is 0 Å². The number of nitro groups is 1. The largest absolute Gasteiger partial charge is 0.323 e. The molecule has 0 saturated heterocycles. The summed E-state index contributed by atoms with van der Waals surface area (Å²) in [7, 11) is 1.81. The van der Waals surface area contributed by atoms with Crippen LogP contribution < -0.4 is 5.32 Å². The van der Waals surface area contributed by atoms with Crippen molar-refractivity contribution < 1.29 is 9.72 Å². The van der Waals surface area contributed by atoms with Gasteiger partial charge in [-0.15, -0.1) is 0 Å². The van der Waals surface area contributed by atoms with Gasteiger partial charge in [0.25, 0.3) is 0 Å². The number of anilines is 1. The molecule has 9 heteroatoms. The van der Waals surface area contributed by atoms with Gasteiger partial charge in [0.15, 0.2) is 0 Å². The van der Waals surface area contributed by atoms with Crippen LogP contribution in [0.1, 0.15) is 23.5 Å². The number of aryl methyl sites for hydroxylation is 3. The van der Waals surface area contributed by atoms with E-state index in [9.17, 15) is 14.9 Å². The first-order valence-corrected chi connectivity index (χ1v) is 6.78. The van der Waals surface area contributed by atoms with Gasteiger partial charge in [0.1, 0.15) is 11.9 Å². The van der Waals surface area contributed by atoms with Gasteiger partial charge in [0, 0.05) is 13.5 Å². The van der Waals surface area contributed by atoms with E-state index in [0.29, 0.717) is 11.4 Å². The Labute approximate surface area is 127 Å². The third kappa shape index (κ3) is 2.97. The molecule has 0 spiro atoms. The van der Waals surface area contributed by atoms with Gasteiger partial charge in [-0.3, -0.25) is 24.3 Å². The maximum Gasteiger partial charge on any atom is 0.309 e. The molecule has 1 amide bonds. The van der Waals surface area contributed by atoms with Crippen molar-refractivity contribution in [2.45, 2.75) is 33.7 Å². The summed E-state index contributed by atoms with van der Waals surface area (Å²) < 4.78 is 3.16. The van der Waals surface area contributed by atoms with Crippen molar-refractivity contribution in [3.05, 3.63) is 33.4 Å². The lowest BCUT2D eigenvalue weighted by Crippen LogP contribution is -2.16. The number of hydrogen-bond acceptors (Lipinski definition) is 5. The second-order valence-electron chi connectivity index (χ2n) is 5.06. The van der Waals surface area contributed by atoms with Gasteiger partial charge in [0.2, 0.25) is 5.91 Å². The van der Waals surface area contributed by atoms with E-state index in [1.54, 1.807) is 11.6 Å². The lowest BCUT2D eigenvalue weighted by atomic mass is 10.3. The average Bonchev–Trinajstić information content (AvgIpc) is 2.92. The molecule has 118 valence electrons. The Morgan fingerprint density at radius 2 is 2.05 bits per heavy atom. The van der Waals surface area contributed by atoms with E-state index in [4.69, 9.17) is 0 Å². The zero-order chi connectivity index (χ0) is 16.4. The third-order valence-corrected chi connectivity index (χ3v) is 3.60. The first-order valence-electron chi connectivity index (χ1n) is 6.78. The Morgan fingerprint density at radius 1 is 1.36 bits per heavy atom. The minimum Gasteiger partial charge on any atom is -0.323 e. The number of hydrogen-bond donors (Lipinski definition) is 1. The number of rotatable bonds is 5. The number of nitrogens with zero attached hydrogens (tertiary/aromatic N) is 5. The Morgan fingerprint density at radius 3 is 2.55 bits per heavy atom. The molecule has 0 aliphatic heterocycles. The molecule has 2 rings (SSSR count). The first kappa shape index (κ1) is 15.7. The van der Waals surface area contributed by atoms with Crippen LogP contribution in [-0.2, 0) is 18.4 Å². The maximum atomic E-state index is 12.0. The minimum atomic E-state index is -0.485. The van der Waals surface area contributed by atoms with Gasteiger partial charge in [-0.05, 0) is 20.8 Å². The van der Waals surface area contributed by atoms with Gasteiger partial charge in [-0.2, -0.15) is 10.2 Å². The third-order valence-electron chi connectivity index (χ3n) is 3.60. The summed E-state index contributed by atoms with van der Waals surface area (Å²) in [5, 5.41) is 21.7. The van der Waals surface area contributed by atoms with Crippen LogP contribution in [0.2, 0.25) is 0 Å². The highest BCUT2D eigenvalue weighted by Crippen LogP contribution is 2.19. The molecule has 22 heavy (non-hydrogen) atoms. The highest BCUT2D eigenvalue weighted by atomic mass is 16.6. The van der Waals surface area contributed by atoms with Crippen molar-refractivity contribution in [3.8, 4) is 0 Å². The van der Waals surface area contributed by atoms with E-state index >= 15 is 0 Å². The van der Waals surface area contributed by atoms with Crippen molar-refractivity contribution in [2.24, 2.45) is 7.05 Å². The highest BCUT2D eigenvalue weighted by molar-refractivity contribution is 5.91. The second-order valence-corrected chi connectivity index (χ2v) is 5.06. The molecule has 0 aromatic carbocycles. The van der Waals surface area contributed by atoms with E-state index in [1.807, 2.05) is 20.9 Å². The van der Waals surface area contributed by atoms with Crippen molar-refractivity contribution >= 4 is 17.3 Å². The summed E-state index contributed by atoms with van der Waals surface area (Å²) in [5.74, 6) is -0.184. The van der Waals surface area contributed by atoms with Crippen LogP contribution in [0.15, 0.2) is 6.20 Å². The molecule has 2 aromatic rings. The lowest BCUT2D eigenvalue weighted by Gasteiger charge is -2.06. The van der Waals surface area contributed by atoms with Gasteiger partial charge in [-0.25, -0.2) is 0 Å². The van der Waals surface area contributed by atoms with Crippen molar-refractivity contribution in [1.82, 2.24) is 19.6 Å². The lowest BCUT2D eigenvalue weighted by molar-refractivity contribution is -0.385. The Kier molecular flexibility index (Phi) is 4.25. The summed E-state index contributed by atoms with van der Waals surface area (Å²) in [6.07, 6.45) is 1.37. The fraction of sp³-hybridized carbons (Fsp3) is 0.462. The summed E-state index contributed by atoms with van der Waals surface area (Å²) in [5.41, 5.74) is 2.72. The minimum absolute atomic E-state index is 0.0423. The molecule has 0 saturated carbocycles. The molecule has 0 bridgehead atoms. The molecule has 9 nitrogen and oxygen atoms in total. The quantitative estimate of drug-likeness (QED) is 0.665. The van der Waals surface area contributed by atoms with Crippen LogP contribution in [0.5, 0.6) is 0 Å². The molecule has 1 N–H and O–H groups in total. The summed E-state index contributed by atoms with van der Waals surface area (Å²) in [6.45, 7) is 5.59. The zero-order valence-corrected chi connectivity index (χ0v) is 13.0. The molecule has 0 aliphatic carbocycles. The van der Waals surface area contributed by atoms with Gasteiger partial charge in [0.05, 0.1) is 28.5 Å². The number of carbonyl (C=O) groups excluding carboxylic acids is 1. The van der Waals surface area contributed by atoms with Crippen molar-refractivity contribution in [3.63, 3.8) is 0 Å². The molecule has 0 radical (unpaired) electrons. The molecule has 2 aromatic heterocycles. The molecular formula is C13H18N6O3. The van der Waals surface area contributed by atoms with Crippen LogP contribution in [0.25, 0.3) is 0 Å². The summed E-state index contributed by atoms with van der Waals surface area (Å²) in [6, 6.07) is 0. The average molecular weight is 306 g/mol. The Hall–Kier alpha value is -2.71. The van der Waals surface area contributed by atoms with E-state index in [1.165, 1.54) is 10.9 Å². The Bertz CT molecular complexity index is 730. The molecule has 0 atom stereocenters. The van der Waals surface area contributed by atoms with Crippen molar-refractivity contribution in [1.29, 1.82) is 0 Å². The number of nitrogens with one attached hydrogen (secondary N) is 1. The highest BCUT2D eigenvalue weighted by Gasteiger charge is 2.17. The smallest absolute Gasteiger partial charge is 0.309 e. The van der Waals surface area contributed by atoms with Crippen LogP contribution in [-0.4, -0.2) is 30.4 Å². The fourth-order valence-corrected chi connectivity index (χ4v) is 2.21. The first-order chi connectivity index (χ1) is 10.3. The number of aromatic nitrogens is 4. The van der Waals surface area contributed by atoms with Gasteiger partial charge in [-0.1, -0.05) is 0 Å². The number of amides is 1.